The number of rotatable bonds is 4. The second kappa shape index (κ2) is 4.57. The van der Waals surface area contributed by atoms with Gasteiger partial charge in [-0.15, -0.1) is 0 Å². The van der Waals surface area contributed by atoms with Crippen LogP contribution >= 0.6 is 0 Å². The molecule has 2 atom stereocenters. The molecular weight excluding hydrogens is 260 g/mol. The molecule has 0 heterocycles. The van der Waals surface area contributed by atoms with Crippen molar-refractivity contribution in [2.45, 2.75) is 18.9 Å². The third-order valence-corrected chi connectivity index (χ3v) is 4.42. The summed E-state index contributed by atoms with van der Waals surface area (Å²) in [5, 5.41) is 9.62. The summed E-state index contributed by atoms with van der Waals surface area (Å²) in [5.74, 6) is -2.53. The molecule has 9 heteroatoms. The van der Waals surface area contributed by atoms with E-state index in [1.807, 2.05) is 0 Å². The minimum Gasteiger partial charge on any atom is -0.392 e. The predicted octanol–water partition coefficient (Wildman–Crippen LogP) is -0.851. The Morgan fingerprint density at radius 3 is 1.44 bits per heavy atom. The van der Waals surface area contributed by atoms with Crippen molar-refractivity contribution in [3.8, 4) is 0 Å². The Morgan fingerprint density at radius 2 is 1.19 bits per heavy atom. The topological polar surface area (TPSA) is 129 Å². The average Bonchev–Trinajstić information content (AvgIpc) is 2.30. The van der Waals surface area contributed by atoms with Crippen LogP contribution in [0.3, 0.4) is 0 Å². The second-order valence-electron chi connectivity index (χ2n) is 4.09. The molecule has 0 aromatic carbocycles. The normalized spacial score (nSPS) is 31.8. The van der Waals surface area contributed by atoms with Crippen molar-refractivity contribution in [1.82, 2.24) is 0 Å². The second-order valence-corrected chi connectivity index (χ2v) is 7.08. The van der Waals surface area contributed by atoms with E-state index in [0.29, 0.717) is 12.8 Å². The van der Waals surface area contributed by atoms with E-state index in [1.54, 1.807) is 0 Å². The number of hydrogen-bond acceptors (Lipinski definition) is 5. The first-order valence-electron chi connectivity index (χ1n) is 4.67. The van der Waals surface area contributed by atoms with E-state index in [4.69, 9.17) is 9.11 Å². The largest absolute Gasteiger partial charge is 0.392 e. The third kappa shape index (κ3) is 4.34. The van der Waals surface area contributed by atoms with Crippen molar-refractivity contribution in [2.24, 2.45) is 11.8 Å². The summed E-state index contributed by atoms with van der Waals surface area (Å²) in [6.07, 6.45) is -0.522. The Labute approximate surface area is 94.0 Å². The van der Waals surface area contributed by atoms with Gasteiger partial charge in [-0.05, 0) is 12.8 Å². The Morgan fingerprint density at radius 1 is 0.875 bits per heavy atom. The summed E-state index contributed by atoms with van der Waals surface area (Å²) < 4.78 is 59.6. The van der Waals surface area contributed by atoms with Crippen LogP contribution in [0.15, 0.2) is 0 Å². The minimum atomic E-state index is -4.18. The molecule has 0 aromatic rings. The molecule has 0 spiro atoms. The van der Waals surface area contributed by atoms with Crippen molar-refractivity contribution in [3.05, 3.63) is 0 Å². The zero-order valence-corrected chi connectivity index (χ0v) is 9.98. The molecule has 0 bridgehead atoms. The number of aliphatic hydroxyl groups is 1. The van der Waals surface area contributed by atoms with E-state index in [2.05, 4.69) is 0 Å². The fourth-order valence-electron chi connectivity index (χ4n) is 2.06. The smallest absolute Gasteiger partial charge is 0.265 e. The summed E-state index contributed by atoms with van der Waals surface area (Å²) in [5.41, 5.74) is 0. The quantitative estimate of drug-likeness (QED) is 0.569. The van der Waals surface area contributed by atoms with Gasteiger partial charge in [0.2, 0.25) is 0 Å². The summed E-state index contributed by atoms with van der Waals surface area (Å²) in [7, 11) is -8.36. The monoisotopic (exact) mass is 274 g/mol. The molecule has 16 heavy (non-hydrogen) atoms. The number of hydrogen-bond donors (Lipinski definition) is 3. The molecule has 0 aromatic heterocycles. The maximum atomic E-state index is 10.6. The zero-order valence-electron chi connectivity index (χ0n) is 8.35. The first-order chi connectivity index (χ1) is 7.08. The lowest BCUT2D eigenvalue weighted by Gasteiger charge is -2.17. The van der Waals surface area contributed by atoms with Gasteiger partial charge in [-0.2, -0.15) is 16.8 Å². The van der Waals surface area contributed by atoms with E-state index < -0.39 is 49.7 Å². The van der Waals surface area contributed by atoms with Crippen molar-refractivity contribution < 1.29 is 31.0 Å². The van der Waals surface area contributed by atoms with Gasteiger partial charge in [-0.3, -0.25) is 9.11 Å². The van der Waals surface area contributed by atoms with Gasteiger partial charge in [-0.1, -0.05) is 0 Å². The standard InChI is InChI=1S/C7H14O7S2/c8-7-5(3-15(9,10)11)1-2-6(7)4-16(12,13)14/h5-8H,1-4H2,(H,9,10,11)(H,12,13,14). The molecule has 7 nitrogen and oxygen atoms in total. The van der Waals surface area contributed by atoms with Crippen LogP contribution in [-0.2, 0) is 20.2 Å². The van der Waals surface area contributed by atoms with E-state index in [0.717, 1.165) is 0 Å². The van der Waals surface area contributed by atoms with Crippen LogP contribution in [0, 0.1) is 11.8 Å². The van der Waals surface area contributed by atoms with Gasteiger partial charge in [-0.25, -0.2) is 0 Å². The maximum absolute atomic E-state index is 10.6. The Hall–Kier alpha value is -0.220. The van der Waals surface area contributed by atoms with Crippen LogP contribution in [0.5, 0.6) is 0 Å². The summed E-state index contributed by atoms with van der Waals surface area (Å²) >= 11 is 0. The fraction of sp³-hybridized carbons (Fsp3) is 1.00. The van der Waals surface area contributed by atoms with Gasteiger partial charge in [0, 0.05) is 11.8 Å². The molecule has 96 valence electrons. The lowest BCUT2D eigenvalue weighted by atomic mass is 10.0. The molecule has 0 aliphatic heterocycles. The van der Waals surface area contributed by atoms with E-state index in [-0.39, 0.29) is 0 Å². The molecule has 0 amide bonds. The van der Waals surface area contributed by atoms with Gasteiger partial charge < -0.3 is 5.11 Å². The van der Waals surface area contributed by atoms with E-state index >= 15 is 0 Å². The molecule has 0 radical (unpaired) electrons. The first-order valence-corrected chi connectivity index (χ1v) is 7.89. The molecule has 1 rings (SSSR count). The molecule has 1 saturated carbocycles. The van der Waals surface area contributed by atoms with Crippen LogP contribution in [0.1, 0.15) is 12.8 Å². The van der Waals surface area contributed by atoms with E-state index in [1.165, 1.54) is 0 Å². The molecule has 1 aliphatic rings. The zero-order chi connectivity index (χ0) is 12.6. The molecule has 3 N–H and O–H groups in total. The van der Waals surface area contributed by atoms with Crippen LogP contribution in [-0.4, -0.2) is 48.7 Å². The SMILES string of the molecule is O=S(=O)(O)CC1CCC(CS(=O)(=O)O)C1O. The van der Waals surface area contributed by atoms with Crippen LogP contribution in [0.2, 0.25) is 0 Å². The number of aliphatic hydroxyl groups excluding tert-OH is 1. The van der Waals surface area contributed by atoms with E-state index in [9.17, 15) is 21.9 Å². The fourth-order valence-corrected chi connectivity index (χ4v) is 3.87. The van der Waals surface area contributed by atoms with Crippen molar-refractivity contribution in [3.63, 3.8) is 0 Å². The molecule has 2 unspecified atom stereocenters. The van der Waals surface area contributed by atoms with Gasteiger partial charge in [0.25, 0.3) is 20.2 Å². The predicted molar refractivity (Wildman–Crippen MR) is 55.1 cm³/mol. The Kier molecular flexibility index (Phi) is 3.95. The highest BCUT2D eigenvalue weighted by Crippen LogP contribution is 2.33. The average molecular weight is 274 g/mol. The van der Waals surface area contributed by atoms with Crippen molar-refractivity contribution in [1.29, 1.82) is 0 Å². The highest BCUT2D eigenvalue weighted by molar-refractivity contribution is 7.86. The highest BCUT2D eigenvalue weighted by atomic mass is 32.2. The maximum Gasteiger partial charge on any atom is 0.265 e. The summed E-state index contributed by atoms with van der Waals surface area (Å²) in [6, 6.07) is 0. The van der Waals surface area contributed by atoms with Crippen LogP contribution < -0.4 is 0 Å². The van der Waals surface area contributed by atoms with Crippen LogP contribution in [0.4, 0.5) is 0 Å². The van der Waals surface area contributed by atoms with Crippen LogP contribution in [0.25, 0.3) is 0 Å². The van der Waals surface area contributed by atoms with Crippen molar-refractivity contribution >= 4 is 20.2 Å². The first kappa shape index (κ1) is 13.8. The van der Waals surface area contributed by atoms with Gasteiger partial charge in [0.15, 0.2) is 0 Å². The van der Waals surface area contributed by atoms with Gasteiger partial charge >= 0.3 is 0 Å². The lowest BCUT2D eigenvalue weighted by molar-refractivity contribution is 0.106. The minimum absolute atomic E-state index is 0.307. The molecular formula is C7H14O7S2. The third-order valence-electron chi connectivity index (χ3n) is 2.72. The van der Waals surface area contributed by atoms with Gasteiger partial charge in [0.05, 0.1) is 17.6 Å². The molecule has 1 fully saturated rings. The molecule has 0 saturated heterocycles. The Balaban J connectivity index is 2.64. The highest BCUT2D eigenvalue weighted by Gasteiger charge is 2.38. The lowest BCUT2D eigenvalue weighted by Crippen LogP contribution is -2.30. The summed E-state index contributed by atoms with van der Waals surface area (Å²) in [6.45, 7) is 0. The molecule has 1 aliphatic carbocycles. The van der Waals surface area contributed by atoms with Crippen molar-refractivity contribution in [2.75, 3.05) is 11.5 Å². The summed E-state index contributed by atoms with van der Waals surface area (Å²) in [4.78, 5) is 0. The van der Waals surface area contributed by atoms with Gasteiger partial charge in [0.1, 0.15) is 0 Å². The Bertz CT molecular complexity index is 395.